The molecule has 0 bridgehead atoms. The van der Waals surface area contributed by atoms with Crippen LogP contribution in [0.15, 0.2) is 30.6 Å². The van der Waals surface area contributed by atoms with Crippen molar-refractivity contribution in [3.63, 3.8) is 0 Å². The van der Waals surface area contributed by atoms with Crippen LogP contribution in [0.25, 0.3) is 0 Å². The van der Waals surface area contributed by atoms with Crippen LogP contribution in [-0.4, -0.2) is 47.6 Å². The summed E-state index contributed by atoms with van der Waals surface area (Å²) < 4.78 is 5.82. The maximum absolute atomic E-state index is 6.25. The second kappa shape index (κ2) is 6.83. The summed E-state index contributed by atoms with van der Waals surface area (Å²) in [4.78, 5) is 13.2. The lowest BCUT2D eigenvalue weighted by atomic mass is 10.2. The van der Waals surface area contributed by atoms with Gasteiger partial charge in [0.05, 0.1) is 0 Å². The van der Waals surface area contributed by atoms with E-state index in [1.165, 1.54) is 11.9 Å². The molecule has 2 heterocycles. The van der Waals surface area contributed by atoms with Gasteiger partial charge in [-0.25, -0.2) is 4.98 Å². The lowest BCUT2D eigenvalue weighted by Crippen LogP contribution is -2.46. The van der Waals surface area contributed by atoms with Crippen LogP contribution in [-0.2, 0) is 0 Å². The molecule has 3 rings (SSSR count). The van der Waals surface area contributed by atoms with Crippen molar-refractivity contribution in [2.75, 3.05) is 43.4 Å². The molecule has 0 saturated carbocycles. The highest BCUT2D eigenvalue weighted by Gasteiger charge is 2.21. The Balaban J connectivity index is 1.77. The molecule has 1 aliphatic heterocycles. The summed E-state index contributed by atoms with van der Waals surface area (Å²) in [5, 5.41) is 0. The molecule has 0 atom stereocenters. The summed E-state index contributed by atoms with van der Waals surface area (Å²) in [5.41, 5.74) is 7.93. The minimum absolute atomic E-state index is 0.414. The zero-order valence-corrected chi connectivity index (χ0v) is 13.7. The summed E-state index contributed by atoms with van der Waals surface area (Å²) in [6.07, 6.45) is 1.52. The van der Waals surface area contributed by atoms with Gasteiger partial charge < -0.3 is 20.3 Å². The number of nitrogen functional groups attached to an aromatic ring is 1. The normalized spacial score (nSPS) is 15.7. The van der Waals surface area contributed by atoms with Crippen molar-refractivity contribution in [1.29, 1.82) is 0 Å². The van der Waals surface area contributed by atoms with Crippen molar-refractivity contribution in [2.24, 2.45) is 0 Å². The minimum Gasteiger partial charge on any atom is -0.437 e. The molecule has 23 heavy (non-hydrogen) atoms. The predicted molar refractivity (Wildman–Crippen MR) is 92.0 cm³/mol. The lowest BCUT2D eigenvalue weighted by Gasteiger charge is -2.35. The highest BCUT2D eigenvalue weighted by atomic mass is 16.5. The van der Waals surface area contributed by atoms with E-state index in [1.807, 2.05) is 31.2 Å². The van der Waals surface area contributed by atoms with Gasteiger partial charge in [-0.15, -0.1) is 0 Å². The molecule has 122 valence electrons. The largest absolute Gasteiger partial charge is 0.437 e. The van der Waals surface area contributed by atoms with E-state index < -0.39 is 0 Å². The fourth-order valence-corrected chi connectivity index (χ4v) is 2.70. The molecule has 0 aliphatic carbocycles. The molecule has 1 fully saturated rings. The van der Waals surface area contributed by atoms with E-state index >= 15 is 0 Å². The van der Waals surface area contributed by atoms with E-state index in [0.29, 0.717) is 11.6 Å². The summed E-state index contributed by atoms with van der Waals surface area (Å²) in [7, 11) is 0. The smallest absolute Gasteiger partial charge is 0.248 e. The average molecular weight is 313 g/mol. The number of nitrogens with zero attached hydrogens (tertiary/aromatic N) is 4. The van der Waals surface area contributed by atoms with Crippen molar-refractivity contribution < 1.29 is 4.74 Å². The molecule has 2 N–H and O–H groups in total. The average Bonchev–Trinajstić information content (AvgIpc) is 2.59. The first-order valence-corrected chi connectivity index (χ1v) is 7.99. The SMILES string of the molecule is CCN1CCN(c2ncnc(Oc3ccc(C)cc3)c2N)CC1. The number of hydrogen-bond acceptors (Lipinski definition) is 6. The van der Waals surface area contributed by atoms with Crippen LogP contribution < -0.4 is 15.4 Å². The van der Waals surface area contributed by atoms with Crippen LogP contribution in [0.1, 0.15) is 12.5 Å². The fourth-order valence-electron chi connectivity index (χ4n) is 2.70. The summed E-state index contributed by atoms with van der Waals surface area (Å²) >= 11 is 0. The van der Waals surface area contributed by atoms with E-state index in [-0.39, 0.29) is 0 Å². The topological polar surface area (TPSA) is 67.5 Å². The van der Waals surface area contributed by atoms with E-state index in [2.05, 4.69) is 26.7 Å². The van der Waals surface area contributed by atoms with Crippen molar-refractivity contribution >= 4 is 11.5 Å². The number of rotatable bonds is 4. The molecule has 0 unspecified atom stereocenters. The number of ether oxygens (including phenoxy) is 1. The van der Waals surface area contributed by atoms with Gasteiger partial charge in [0.1, 0.15) is 17.8 Å². The van der Waals surface area contributed by atoms with E-state index in [1.54, 1.807) is 0 Å². The maximum atomic E-state index is 6.25. The minimum atomic E-state index is 0.414. The molecular formula is C17H23N5O. The molecule has 6 nitrogen and oxygen atoms in total. The molecular weight excluding hydrogens is 290 g/mol. The zero-order valence-electron chi connectivity index (χ0n) is 13.7. The number of aromatic nitrogens is 2. The third-order valence-electron chi connectivity index (χ3n) is 4.18. The van der Waals surface area contributed by atoms with Crippen LogP contribution in [0.2, 0.25) is 0 Å². The number of benzene rings is 1. The Morgan fingerprint density at radius 3 is 2.43 bits per heavy atom. The first kappa shape index (κ1) is 15.6. The Labute approximate surface area is 136 Å². The van der Waals surface area contributed by atoms with Gasteiger partial charge >= 0.3 is 0 Å². The van der Waals surface area contributed by atoms with Gasteiger partial charge in [0.2, 0.25) is 5.88 Å². The van der Waals surface area contributed by atoms with Crippen LogP contribution >= 0.6 is 0 Å². The maximum Gasteiger partial charge on any atom is 0.248 e. The van der Waals surface area contributed by atoms with Crippen molar-refractivity contribution in [3.8, 4) is 11.6 Å². The van der Waals surface area contributed by atoms with E-state index in [4.69, 9.17) is 10.5 Å². The van der Waals surface area contributed by atoms with Crippen molar-refractivity contribution in [3.05, 3.63) is 36.2 Å². The highest BCUT2D eigenvalue weighted by Crippen LogP contribution is 2.31. The fraction of sp³-hybridized carbons (Fsp3) is 0.412. The Morgan fingerprint density at radius 2 is 1.78 bits per heavy atom. The molecule has 0 amide bonds. The van der Waals surface area contributed by atoms with Crippen LogP contribution in [0.5, 0.6) is 11.6 Å². The third kappa shape index (κ3) is 3.53. The van der Waals surface area contributed by atoms with Crippen LogP contribution in [0, 0.1) is 6.92 Å². The predicted octanol–water partition coefficient (Wildman–Crippen LogP) is 2.30. The Bertz CT molecular complexity index is 651. The Kier molecular flexibility index (Phi) is 4.62. The third-order valence-corrected chi connectivity index (χ3v) is 4.18. The van der Waals surface area contributed by atoms with Gasteiger partial charge in [-0.1, -0.05) is 24.6 Å². The number of hydrogen-bond donors (Lipinski definition) is 1. The molecule has 1 aromatic heterocycles. The lowest BCUT2D eigenvalue weighted by molar-refractivity contribution is 0.270. The first-order chi connectivity index (χ1) is 11.2. The number of anilines is 2. The molecule has 1 aromatic carbocycles. The second-order valence-corrected chi connectivity index (χ2v) is 5.75. The van der Waals surface area contributed by atoms with Crippen LogP contribution in [0.4, 0.5) is 11.5 Å². The number of aryl methyl sites for hydroxylation is 1. The molecule has 0 spiro atoms. The Hall–Kier alpha value is -2.34. The molecule has 2 aromatic rings. The summed E-state index contributed by atoms with van der Waals surface area (Å²) in [5.74, 6) is 1.90. The van der Waals surface area contributed by atoms with E-state index in [9.17, 15) is 0 Å². The second-order valence-electron chi connectivity index (χ2n) is 5.75. The Morgan fingerprint density at radius 1 is 1.09 bits per heavy atom. The summed E-state index contributed by atoms with van der Waals surface area (Å²) in [6.45, 7) is 9.17. The van der Waals surface area contributed by atoms with Gasteiger partial charge in [0, 0.05) is 26.2 Å². The molecule has 0 radical (unpaired) electrons. The van der Waals surface area contributed by atoms with Gasteiger partial charge in [0.15, 0.2) is 5.82 Å². The van der Waals surface area contributed by atoms with Crippen molar-refractivity contribution in [2.45, 2.75) is 13.8 Å². The quantitative estimate of drug-likeness (QED) is 0.934. The molecule has 6 heteroatoms. The zero-order chi connectivity index (χ0) is 16.2. The van der Waals surface area contributed by atoms with Crippen LogP contribution in [0.3, 0.4) is 0 Å². The van der Waals surface area contributed by atoms with Gasteiger partial charge in [0.25, 0.3) is 0 Å². The molecule has 1 saturated heterocycles. The standard InChI is InChI=1S/C17H23N5O/c1-3-21-8-10-22(11-9-21)16-15(18)17(20-12-19-16)23-14-6-4-13(2)5-7-14/h4-7,12H,3,8-11,18H2,1-2H3. The molecule has 1 aliphatic rings. The van der Waals surface area contributed by atoms with Gasteiger partial charge in [-0.2, -0.15) is 4.98 Å². The van der Waals surface area contributed by atoms with Crippen molar-refractivity contribution in [1.82, 2.24) is 14.9 Å². The number of piperazine rings is 1. The first-order valence-electron chi connectivity index (χ1n) is 7.99. The van der Waals surface area contributed by atoms with Gasteiger partial charge in [-0.3, -0.25) is 0 Å². The summed E-state index contributed by atoms with van der Waals surface area (Å²) in [6, 6.07) is 7.82. The van der Waals surface area contributed by atoms with E-state index in [0.717, 1.165) is 44.3 Å². The number of likely N-dealkylation sites (N-methyl/N-ethyl adjacent to an activating group) is 1. The number of nitrogens with two attached hydrogens (primary N) is 1. The highest BCUT2D eigenvalue weighted by molar-refractivity contribution is 5.68. The van der Waals surface area contributed by atoms with Gasteiger partial charge in [-0.05, 0) is 25.6 Å². The monoisotopic (exact) mass is 313 g/mol.